The van der Waals surface area contributed by atoms with Crippen LogP contribution < -0.4 is 5.32 Å². The van der Waals surface area contributed by atoms with Crippen molar-refractivity contribution in [3.05, 3.63) is 70.7 Å². The highest BCUT2D eigenvalue weighted by atomic mass is 16.6. The summed E-state index contributed by atoms with van der Waals surface area (Å²) in [6.45, 7) is 0.495. The Hall–Kier alpha value is -3.02. The fourth-order valence-corrected chi connectivity index (χ4v) is 2.17. The summed E-state index contributed by atoms with van der Waals surface area (Å²) in [5, 5.41) is 15.0. The Bertz CT molecular complexity index is 790. The van der Waals surface area contributed by atoms with Crippen LogP contribution in [0.2, 0.25) is 0 Å². The number of fused-ring (bicyclic) bond motifs is 1. The SMILES string of the molecule is O=[N+]([O-])c1c(NCc2ccncc2)ccc2ncccc12. The van der Waals surface area contributed by atoms with Gasteiger partial charge in [-0.05, 0) is 42.0 Å². The fraction of sp³-hybridized carbons (Fsp3) is 0.0667. The number of anilines is 1. The Labute approximate surface area is 120 Å². The van der Waals surface area contributed by atoms with Crippen LogP contribution >= 0.6 is 0 Å². The molecule has 0 aliphatic rings. The van der Waals surface area contributed by atoms with Crippen molar-refractivity contribution in [2.75, 3.05) is 5.32 Å². The predicted octanol–water partition coefficient (Wildman–Crippen LogP) is 3.15. The molecule has 0 aliphatic heterocycles. The van der Waals surface area contributed by atoms with Gasteiger partial charge in [0, 0.05) is 25.1 Å². The Morgan fingerprint density at radius 3 is 2.67 bits per heavy atom. The summed E-state index contributed by atoms with van der Waals surface area (Å²) in [7, 11) is 0. The third-order valence-corrected chi connectivity index (χ3v) is 3.17. The first-order valence-electron chi connectivity index (χ1n) is 6.40. The summed E-state index contributed by atoms with van der Waals surface area (Å²) >= 11 is 0. The number of hydrogen-bond acceptors (Lipinski definition) is 5. The van der Waals surface area contributed by atoms with Gasteiger partial charge in [-0.3, -0.25) is 20.1 Å². The molecular weight excluding hydrogens is 268 g/mol. The topological polar surface area (TPSA) is 81.0 Å². The fourth-order valence-electron chi connectivity index (χ4n) is 2.17. The Balaban J connectivity index is 1.98. The van der Waals surface area contributed by atoms with Crippen molar-refractivity contribution in [3.63, 3.8) is 0 Å². The monoisotopic (exact) mass is 280 g/mol. The summed E-state index contributed by atoms with van der Waals surface area (Å²) in [4.78, 5) is 19.1. The van der Waals surface area contributed by atoms with Crippen LogP contribution in [0.1, 0.15) is 5.56 Å². The number of rotatable bonds is 4. The van der Waals surface area contributed by atoms with E-state index in [9.17, 15) is 10.1 Å². The summed E-state index contributed by atoms with van der Waals surface area (Å²) in [5.41, 5.74) is 2.15. The predicted molar refractivity (Wildman–Crippen MR) is 80.0 cm³/mol. The van der Waals surface area contributed by atoms with Gasteiger partial charge in [-0.1, -0.05) is 0 Å². The van der Waals surface area contributed by atoms with Crippen LogP contribution in [0.4, 0.5) is 11.4 Å². The third kappa shape index (κ3) is 2.64. The van der Waals surface area contributed by atoms with E-state index >= 15 is 0 Å². The van der Waals surface area contributed by atoms with Gasteiger partial charge in [0.25, 0.3) is 0 Å². The molecular formula is C15H12N4O2. The van der Waals surface area contributed by atoms with Gasteiger partial charge in [0.15, 0.2) is 0 Å². The van der Waals surface area contributed by atoms with Crippen molar-refractivity contribution in [2.24, 2.45) is 0 Å². The van der Waals surface area contributed by atoms with Gasteiger partial charge in [0.1, 0.15) is 5.69 Å². The molecule has 0 fully saturated rings. The second-order valence-corrected chi connectivity index (χ2v) is 4.50. The molecule has 2 heterocycles. The number of hydrogen-bond donors (Lipinski definition) is 1. The minimum Gasteiger partial charge on any atom is -0.375 e. The second-order valence-electron chi connectivity index (χ2n) is 4.50. The van der Waals surface area contributed by atoms with E-state index in [-0.39, 0.29) is 10.6 Å². The number of nitro groups is 1. The molecule has 6 heteroatoms. The number of pyridine rings is 2. The van der Waals surface area contributed by atoms with Gasteiger partial charge in [-0.15, -0.1) is 0 Å². The van der Waals surface area contributed by atoms with E-state index in [1.165, 1.54) is 0 Å². The van der Waals surface area contributed by atoms with Gasteiger partial charge in [-0.2, -0.15) is 0 Å². The first kappa shape index (κ1) is 13.0. The van der Waals surface area contributed by atoms with Crippen LogP contribution in [0.15, 0.2) is 55.0 Å². The molecule has 1 N–H and O–H groups in total. The summed E-state index contributed by atoms with van der Waals surface area (Å²) in [6.07, 6.45) is 5.00. The molecule has 0 bridgehead atoms. The van der Waals surface area contributed by atoms with Crippen LogP contribution in [-0.4, -0.2) is 14.9 Å². The van der Waals surface area contributed by atoms with E-state index in [4.69, 9.17) is 0 Å². The quantitative estimate of drug-likeness (QED) is 0.586. The van der Waals surface area contributed by atoms with Gasteiger partial charge in [0.2, 0.25) is 0 Å². The van der Waals surface area contributed by atoms with Crippen molar-refractivity contribution in [3.8, 4) is 0 Å². The number of nitro benzene ring substituents is 1. The van der Waals surface area contributed by atoms with Crippen LogP contribution in [0.5, 0.6) is 0 Å². The number of nitrogens with one attached hydrogen (secondary N) is 1. The molecule has 0 atom stereocenters. The standard InChI is InChI=1S/C15H12N4O2/c20-19(21)15-12-2-1-7-17-13(12)3-4-14(15)18-10-11-5-8-16-9-6-11/h1-9,18H,10H2. The number of aromatic nitrogens is 2. The maximum atomic E-state index is 11.4. The van der Waals surface area contributed by atoms with E-state index in [1.807, 2.05) is 12.1 Å². The van der Waals surface area contributed by atoms with Gasteiger partial charge in [-0.25, -0.2) is 0 Å². The van der Waals surface area contributed by atoms with Gasteiger partial charge >= 0.3 is 5.69 Å². The average Bonchev–Trinajstić information content (AvgIpc) is 2.53. The zero-order chi connectivity index (χ0) is 14.7. The van der Waals surface area contributed by atoms with E-state index in [0.717, 1.165) is 5.56 Å². The highest BCUT2D eigenvalue weighted by molar-refractivity contribution is 5.94. The minimum atomic E-state index is -0.376. The van der Waals surface area contributed by atoms with Crippen molar-refractivity contribution < 1.29 is 4.92 Å². The first-order chi connectivity index (χ1) is 10.3. The average molecular weight is 280 g/mol. The molecule has 21 heavy (non-hydrogen) atoms. The van der Waals surface area contributed by atoms with Crippen LogP contribution in [0, 0.1) is 10.1 Å². The van der Waals surface area contributed by atoms with Crippen molar-refractivity contribution in [1.29, 1.82) is 0 Å². The first-order valence-corrected chi connectivity index (χ1v) is 6.40. The number of nitrogens with zero attached hydrogens (tertiary/aromatic N) is 3. The Morgan fingerprint density at radius 2 is 1.90 bits per heavy atom. The minimum absolute atomic E-state index is 0.0506. The summed E-state index contributed by atoms with van der Waals surface area (Å²) in [5.74, 6) is 0. The lowest BCUT2D eigenvalue weighted by molar-refractivity contribution is -0.382. The van der Waals surface area contributed by atoms with Crippen LogP contribution in [-0.2, 0) is 6.54 Å². The molecule has 3 aromatic rings. The molecule has 0 saturated carbocycles. The summed E-state index contributed by atoms with van der Waals surface area (Å²) in [6, 6.07) is 10.6. The summed E-state index contributed by atoms with van der Waals surface area (Å²) < 4.78 is 0. The zero-order valence-corrected chi connectivity index (χ0v) is 11.1. The maximum Gasteiger partial charge on any atom is 0.301 e. The van der Waals surface area contributed by atoms with Gasteiger partial charge in [0.05, 0.1) is 15.8 Å². The third-order valence-electron chi connectivity index (χ3n) is 3.17. The Kier molecular flexibility index (Phi) is 3.42. The van der Waals surface area contributed by atoms with E-state index in [1.54, 1.807) is 42.9 Å². The van der Waals surface area contributed by atoms with E-state index in [0.29, 0.717) is 23.1 Å². The normalized spacial score (nSPS) is 10.5. The molecule has 0 aliphatic carbocycles. The lowest BCUT2D eigenvalue weighted by atomic mass is 10.1. The second kappa shape index (κ2) is 5.54. The molecule has 0 radical (unpaired) electrons. The molecule has 6 nitrogen and oxygen atoms in total. The molecule has 0 unspecified atom stereocenters. The van der Waals surface area contributed by atoms with E-state index < -0.39 is 0 Å². The number of benzene rings is 1. The highest BCUT2D eigenvalue weighted by Gasteiger charge is 2.18. The largest absolute Gasteiger partial charge is 0.375 e. The molecule has 3 rings (SSSR count). The lowest BCUT2D eigenvalue weighted by Crippen LogP contribution is -2.03. The smallest absolute Gasteiger partial charge is 0.301 e. The molecule has 1 aromatic carbocycles. The molecule has 0 spiro atoms. The van der Waals surface area contributed by atoms with Crippen molar-refractivity contribution in [1.82, 2.24) is 9.97 Å². The zero-order valence-electron chi connectivity index (χ0n) is 11.1. The molecule has 104 valence electrons. The van der Waals surface area contributed by atoms with Crippen LogP contribution in [0.25, 0.3) is 10.9 Å². The van der Waals surface area contributed by atoms with Crippen molar-refractivity contribution >= 4 is 22.3 Å². The Morgan fingerprint density at radius 1 is 1.10 bits per heavy atom. The van der Waals surface area contributed by atoms with Gasteiger partial charge < -0.3 is 5.32 Å². The van der Waals surface area contributed by atoms with Crippen molar-refractivity contribution in [2.45, 2.75) is 6.54 Å². The lowest BCUT2D eigenvalue weighted by Gasteiger charge is -2.08. The molecule has 0 saturated heterocycles. The van der Waals surface area contributed by atoms with E-state index in [2.05, 4.69) is 15.3 Å². The molecule has 2 aromatic heterocycles. The highest BCUT2D eigenvalue weighted by Crippen LogP contribution is 2.32. The van der Waals surface area contributed by atoms with Crippen LogP contribution in [0.3, 0.4) is 0 Å². The maximum absolute atomic E-state index is 11.4. The molecule has 0 amide bonds.